The Kier molecular flexibility index (Phi) is 4.39. The van der Waals surface area contributed by atoms with Gasteiger partial charge in [-0.15, -0.1) is 0 Å². The molecule has 0 unspecified atom stereocenters. The minimum atomic E-state index is 0.157. The van der Waals surface area contributed by atoms with E-state index in [0.717, 1.165) is 55.9 Å². The zero-order valence-corrected chi connectivity index (χ0v) is 15.1. The summed E-state index contributed by atoms with van der Waals surface area (Å²) in [5, 5.41) is 1.65. The van der Waals surface area contributed by atoms with E-state index >= 15 is 0 Å². The summed E-state index contributed by atoms with van der Waals surface area (Å²) < 4.78 is 0. The lowest BCUT2D eigenvalue weighted by Crippen LogP contribution is -2.52. The lowest BCUT2D eigenvalue weighted by atomic mass is 10.0. The lowest BCUT2D eigenvalue weighted by Gasteiger charge is -2.37. The second-order valence-electron chi connectivity index (χ2n) is 6.74. The second-order valence-corrected chi connectivity index (χ2v) is 7.14. The Morgan fingerprint density at radius 3 is 2.68 bits per heavy atom. The normalized spacial score (nSPS) is 19.4. The first-order valence-corrected chi connectivity index (χ1v) is 9.04. The number of fused-ring (bicyclic) bond motifs is 1. The zero-order valence-electron chi connectivity index (χ0n) is 14.3. The number of rotatable bonds is 1. The molecule has 1 saturated heterocycles. The molecule has 1 N–H and O–H groups in total. The number of likely N-dealkylation sites (N-methyl/N-ethyl adjacent to an activating group) is 1. The van der Waals surface area contributed by atoms with Gasteiger partial charge in [0, 0.05) is 56.5 Å². The summed E-state index contributed by atoms with van der Waals surface area (Å²) in [7, 11) is 2.10. The van der Waals surface area contributed by atoms with E-state index in [9.17, 15) is 4.79 Å². The number of piperazine rings is 1. The number of H-pyrrole nitrogens is 1. The monoisotopic (exact) mass is 359 g/mol. The maximum atomic E-state index is 12.7. The Bertz CT molecular complexity index is 822. The molecule has 132 valence electrons. The van der Waals surface area contributed by atoms with Crippen LogP contribution in [0.1, 0.15) is 12.1 Å². The van der Waals surface area contributed by atoms with E-state index < -0.39 is 0 Å². The molecule has 2 amide bonds. The molecule has 0 bridgehead atoms. The molecule has 0 saturated carbocycles. The first kappa shape index (κ1) is 16.4. The third-order valence-electron chi connectivity index (χ3n) is 5.08. The van der Waals surface area contributed by atoms with Crippen molar-refractivity contribution in [1.82, 2.24) is 24.7 Å². The van der Waals surface area contributed by atoms with Gasteiger partial charge < -0.3 is 19.7 Å². The molecule has 7 heteroatoms. The summed E-state index contributed by atoms with van der Waals surface area (Å²) in [4.78, 5) is 26.5. The number of hydrogen-bond donors (Lipinski definition) is 1. The molecule has 0 aromatic carbocycles. The Labute approximate surface area is 152 Å². The van der Waals surface area contributed by atoms with E-state index in [-0.39, 0.29) is 6.03 Å². The lowest BCUT2D eigenvalue weighted by molar-refractivity contribution is 0.125. The Balaban J connectivity index is 1.46. The molecule has 0 aliphatic carbocycles. The highest BCUT2D eigenvalue weighted by molar-refractivity contribution is 6.35. The smallest absolute Gasteiger partial charge is 0.320 e. The first-order chi connectivity index (χ1) is 12.1. The Morgan fingerprint density at radius 2 is 2.00 bits per heavy atom. The van der Waals surface area contributed by atoms with Crippen LogP contribution in [-0.4, -0.2) is 77.0 Å². The molecule has 0 spiro atoms. The average molecular weight is 360 g/mol. The molecule has 4 rings (SSSR count). The van der Waals surface area contributed by atoms with Crippen molar-refractivity contribution in [2.24, 2.45) is 0 Å². The Hall–Kier alpha value is -2.05. The van der Waals surface area contributed by atoms with Crippen LogP contribution in [0, 0.1) is 0 Å². The van der Waals surface area contributed by atoms with Gasteiger partial charge in [-0.3, -0.25) is 0 Å². The van der Waals surface area contributed by atoms with Gasteiger partial charge in [-0.25, -0.2) is 9.78 Å². The molecule has 2 aliphatic rings. The maximum absolute atomic E-state index is 12.7. The van der Waals surface area contributed by atoms with Crippen LogP contribution in [0.3, 0.4) is 0 Å². The highest BCUT2D eigenvalue weighted by Crippen LogP contribution is 2.28. The number of halogens is 1. The molecule has 0 atom stereocenters. The molecule has 4 heterocycles. The van der Waals surface area contributed by atoms with Crippen molar-refractivity contribution in [1.29, 1.82) is 0 Å². The van der Waals surface area contributed by atoms with Gasteiger partial charge in [-0.1, -0.05) is 17.7 Å². The van der Waals surface area contributed by atoms with Crippen molar-refractivity contribution in [2.75, 3.05) is 46.3 Å². The number of amides is 2. The van der Waals surface area contributed by atoms with E-state index in [1.807, 2.05) is 9.80 Å². The van der Waals surface area contributed by atoms with Gasteiger partial charge in [0.1, 0.15) is 5.65 Å². The fourth-order valence-electron chi connectivity index (χ4n) is 3.45. The molecule has 25 heavy (non-hydrogen) atoms. The molecule has 2 aromatic rings. The predicted molar refractivity (Wildman–Crippen MR) is 99.7 cm³/mol. The molecule has 6 nitrogen and oxygen atoms in total. The third kappa shape index (κ3) is 3.24. The third-order valence-corrected chi connectivity index (χ3v) is 5.41. The summed E-state index contributed by atoms with van der Waals surface area (Å²) in [5.41, 5.74) is 3.07. The number of nitrogens with one attached hydrogen (secondary N) is 1. The molecule has 1 fully saturated rings. The molecular weight excluding hydrogens is 338 g/mol. The zero-order chi connectivity index (χ0) is 17.4. The molecule has 2 aromatic heterocycles. The van der Waals surface area contributed by atoms with Gasteiger partial charge in [-0.2, -0.15) is 0 Å². The van der Waals surface area contributed by atoms with Crippen LogP contribution in [-0.2, 0) is 0 Å². The van der Waals surface area contributed by atoms with Crippen LogP contribution in [0.5, 0.6) is 0 Å². The van der Waals surface area contributed by atoms with Gasteiger partial charge in [0.05, 0.1) is 5.02 Å². The second kappa shape index (κ2) is 6.69. The predicted octanol–water partition coefficient (Wildman–Crippen LogP) is 2.67. The number of urea groups is 1. The fourth-order valence-corrected chi connectivity index (χ4v) is 3.65. The Morgan fingerprint density at radius 1 is 1.20 bits per heavy atom. The number of aromatic amines is 1. The highest BCUT2D eigenvalue weighted by Gasteiger charge is 2.25. The highest BCUT2D eigenvalue weighted by atomic mass is 35.5. The minimum absolute atomic E-state index is 0.157. The van der Waals surface area contributed by atoms with Crippen molar-refractivity contribution in [3.63, 3.8) is 0 Å². The van der Waals surface area contributed by atoms with Crippen LogP contribution < -0.4 is 0 Å². The van der Waals surface area contributed by atoms with E-state index in [2.05, 4.69) is 34.1 Å². The number of aromatic nitrogens is 2. The van der Waals surface area contributed by atoms with E-state index in [0.29, 0.717) is 11.6 Å². The van der Waals surface area contributed by atoms with Gasteiger partial charge in [-0.05, 0) is 31.2 Å². The van der Waals surface area contributed by atoms with Crippen LogP contribution in [0.2, 0.25) is 5.02 Å². The van der Waals surface area contributed by atoms with Gasteiger partial charge >= 0.3 is 6.03 Å². The molecule has 2 aliphatic heterocycles. The number of nitrogens with zero attached hydrogens (tertiary/aromatic N) is 4. The first-order valence-electron chi connectivity index (χ1n) is 8.67. The molecule has 0 radical (unpaired) electrons. The fraction of sp³-hybridized carbons (Fsp3) is 0.444. The van der Waals surface area contributed by atoms with Gasteiger partial charge in [0.2, 0.25) is 0 Å². The van der Waals surface area contributed by atoms with Crippen molar-refractivity contribution in [2.45, 2.75) is 6.42 Å². The number of carbonyl (C=O) groups is 1. The number of carbonyl (C=O) groups excluding carboxylic acids is 1. The van der Waals surface area contributed by atoms with Crippen LogP contribution in [0.15, 0.2) is 24.4 Å². The minimum Gasteiger partial charge on any atom is -0.339 e. The SMILES string of the molecule is CN1CCN(C(=O)N2CC=C(c3cc4c(Cl)ccnc4[nH]3)CC2)CC1. The van der Waals surface area contributed by atoms with Crippen LogP contribution >= 0.6 is 11.6 Å². The van der Waals surface area contributed by atoms with Gasteiger partial charge in [0.25, 0.3) is 0 Å². The topological polar surface area (TPSA) is 55.5 Å². The van der Waals surface area contributed by atoms with Crippen LogP contribution in [0.4, 0.5) is 4.79 Å². The average Bonchev–Trinajstić information content (AvgIpc) is 3.08. The summed E-state index contributed by atoms with van der Waals surface area (Å²) in [6, 6.07) is 4.01. The molecular formula is C18H22ClN5O. The number of hydrogen-bond acceptors (Lipinski definition) is 3. The summed E-state index contributed by atoms with van der Waals surface area (Å²) >= 11 is 6.23. The maximum Gasteiger partial charge on any atom is 0.320 e. The van der Waals surface area contributed by atoms with Crippen molar-refractivity contribution < 1.29 is 4.79 Å². The van der Waals surface area contributed by atoms with Crippen molar-refractivity contribution in [3.05, 3.63) is 35.1 Å². The quantitative estimate of drug-likeness (QED) is 0.851. The standard InChI is InChI=1S/C18H22ClN5O/c1-22-8-10-24(11-9-22)18(25)23-6-3-13(4-7-23)16-12-14-15(19)2-5-20-17(14)21-16/h2-3,5,12H,4,6-11H2,1H3,(H,20,21). The van der Waals surface area contributed by atoms with Crippen molar-refractivity contribution in [3.8, 4) is 0 Å². The summed E-state index contributed by atoms with van der Waals surface area (Å²) in [5.74, 6) is 0. The number of pyridine rings is 1. The van der Waals surface area contributed by atoms with Crippen LogP contribution in [0.25, 0.3) is 16.6 Å². The summed E-state index contributed by atoms with van der Waals surface area (Å²) in [6.45, 7) is 4.92. The van der Waals surface area contributed by atoms with E-state index in [1.165, 1.54) is 5.57 Å². The largest absolute Gasteiger partial charge is 0.339 e. The summed E-state index contributed by atoms with van der Waals surface area (Å²) in [6.07, 6.45) is 4.68. The van der Waals surface area contributed by atoms with Gasteiger partial charge in [0.15, 0.2) is 0 Å². The van der Waals surface area contributed by atoms with E-state index in [1.54, 1.807) is 12.3 Å². The van der Waals surface area contributed by atoms with Crippen molar-refractivity contribution >= 4 is 34.2 Å². The van der Waals surface area contributed by atoms with E-state index in [4.69, 9.17) is 11.6 Å².